The number of carbonyl (C=O) groups is 1. The lowest BCUT2D eigenvalue weighted by Crippen LogP contribution is -2.15. The number of aromatic amines is 1. The minimum Gasteiger partial charge on any atom is -0.456 e. The van der Waals surface area contributed by atoms with E-state index in [4.69, 9.17) is 4.74 Å². The van der Waals surface area contributed by atoms with E-state index in [0.29, 0.717) is 28.2 Å². The molecule has 35 heavy (non-hydrogen) atoms. The molecule has 9 heteroatoms. The maximum Gasteiger partial charge on any atom is 0.229 e. The number of ether oxygens (including phenoxy) is 1. The highest BCUT2D eigenvalue weighted by atomic mass is 32.2. The van der Waals surface area contributed by atoms with Gasteiger partial charge in [0.1, 0.15) is 17.3 Å². The summed E-state index contributed by atoms with van der Waals surface area (Å²) in [5, 5.41) is 10.5. The maximum absolute atomic E-state index is 14.2. The third-order valence-electron chi connectivity index (χ3n) is 5.54. The van der Waals surface area contributed by atoms with Crippen LogP contribution in [0.15, 0.2) is 53.6 Å². The topological polar surface area (TPSA) is 97.0 Å². The first-order valence-electron chi connectivity index (χ1n) is 11.1. The highest BCUT2D eigenvalue weighted by Gasteiger charge is 2.18. The number of nitrogens with one attached hydrogen (secondary N) is 2. The van der Waals surface area contributed by atoms with Gasteiger partial charge < -0.3 is 10.1 Å². The number of aryl methyl sites for hydroxylation is 1. The molecule has 2 aromatic heterocycles. The van der Waals surface area contributed by atoms with E-state index in [-0.39, 0.29) is 22.6 Å². The summed E-state index contributed by atoms with van der Waals surface area (Å²) in [6, 6.07) is 11.8. The number of anilines is 1. The molecule has 7 nitrogen and oxygen atoms in total. The summed E-state index contributed by atoms with van der Waals surface area (Å²) in [4.78, 5) is 16.8. The number of aromatic nitrogens is 3. The molecule has 0 spiro atoms. The monoisotopic (exact) mass is 494 g/mol. The molecule has 4 rings (SSSR count). The molecule has 0 saturated heterocycles. The van der Waals surface area contributed by atoms with Gasteiger partial charge in [-0.25, -0.2) is 4.39 Å². The highest BCUT2D eigenvalue weighted by Crippen LogP contribution is 2.33. The van der Waals surface area contributed by atoms with E-state index in [1.54, 1.807) is 12.1 Å². The number of rotatable bonds is 6. The molecule has 1 amide bonds. The summed E-state index contributed by atoms with van der Waals surface area (Å²) in [6.07, 6.45) is 3.14. The number of benzene rings is 2. The van der Waals surface area contributed by atoms with Gasteiger partial charge in [0, 0.05) is 41.1 Å². The lowest BCUT2D eigenvalue weighted by atomic mass is 9.92. The molecule has 2 aromatic carbocycles. The summed E-state index contributed by atoms with van der Waals surface area (Å²) >= 11 is 0. The maximum atomic E-state index is 14.2. The predicted molar refractivity (Wildman–Crippen MR) is 135 cm³/mol. The third kappa shape index (κ3) is 5.57. The van der Waals surface area contributed by atoms with Crippen molar-refractivity contribution >= 4 is 33.4 Å². The largest absolute Gasteiger partial charge is 0.456 e. The molecule has 0 aliphatic heterocycles. The van der Waals surface area contributed by atoms with E-state index in [1.165, 1.54) is 24.6 Å². The first-order valence-corrected chi connectivity index (χ1v) is 12.6. The van der Waals surface area contributed by atoms with Gasteiger partial charge in [0.2, 0.25) is 5.91 Å². The average molecular weight is 495 g/mol. The molecule has 1 atom stereocenters. The van der Waals surface area contributed by atoms with Gasteiger partial charge in [0.25, 0.3) is 0 Å². The van der Waals surface area contributed by atoms with Crippen LogP contribution in [-0.2, 0) is 27.4 Å². The normalized spacial score (nSPS) is 12.5. The zero-order chi connectivity index (χ0) is 25.3. The number of carbonyl (C=O) groups excluding carboxylic acids is 1. The summed E-state index contributed by atoms with van der Waals surface area (Å²) < 4.78 is 32.2. The first kappa shape index (κ1) is 24.5. The van der Waals surface area contributed by atoms with Gasteiger partial charge >= 0.3 is 0 Å². The smallest absolute Gasteiger partial charge is 0.229 e. The van der Waals surface area contributed by atoms with Crippen LogP contribution in [0.4, 0.5) is 10.2 Å². The zero-order valence-corrected chi connectivity index (χ0v) is 21.0. The molecule has 4 aromatic rings. The summed E-state index contributed by atoms with van der Waals surface area (Å²) in [6.45, 7) is 8.08. The first-order chi connectivity index (χ1) is 16.5. The molecule has 0 saturated carbocycles. The van der Waals surface area contributed by atoms with Gasteiger partial charge in [0.05, 0.1) is 27.6 Å². The van der Waals surface area contributed by atoms with Crippen LogP contribution in [0.25, 0.3) is 10.9 Å². The van der Waals surface area contributed by atoms with Crippen LogP contribution < -0.4 is 10.1 Å². The van der Waals surface area contributed by atoms with Crippen molar-refractivity contribution < 1.29 is 18.1 Å². The molecule has 1 unspecified atom stereocenters. The molecular formula is C26H27FN4O3S. The number of pyridine rings is 1. The van der Waals surface area contributed by atoms with E-state index in [9.17, 15) is 13.4 Å². The fourth-order valence-corrected chi connectivity index (χ4v) is 4.25. The molecule has 0 aliphatic rings. The van der Waals surface area contributed by atoms with Crippen LogP contribution in [0.1, 0.15) is 37.6 Å². The molecule has 0 bridgehead atoms. The molecule has 0 fully saturated rings. The van der Waals surface area contributed by atoms with Crippen LogP contribution in [0.3, 0.4) is 0 Å². The lowest BCUT2D eigenvalue weighted by Gasteiger charge is -2.14. The van der Waals surface area contributed by atoms with Crippen molar-refractivity contribution in [1.82, 2.24) is 15.2 Å². The van der Waals surface area contributed by atoms with Gasteiger partial charge in [-0.1, -0.05) is 32.9 Å². The van der Waals surface area contributed by atoms with E-state index < -0.39 is 16.6 Å². The van der Waals surface area contributed by atoms with Crippen molar-refractivity contribution in [2.24, 2.45) is 0 Å². The standard InChI is InChI=1S/C26H27FN4O3S/c1-15-10-16(11-25(32)29-24-14-23(30-31-24)26(2,3)4)6-7-20(15)34-21-8-9-28-19-13-18(27)22(35(5)33)12-17(19)21/h6-10,12-14H,11H2,1-5H3,(H2,29,30,31,32). The molecule has 2 heterocycles. The van der Waals surface area contributed by atoms with Crippen LogP contribution in [-0.4, -0.2) is 31.6 Å². The van der Waals surface area contributed by atoms with Crippen molar-refractivity contribution in [3.05, 3.63) is 71.3 Å². The van der Waals surface area contributed by atoms with Crippen molar-refractivity contribution in [2.45, 2.75) is 44.4 Å². The number of hydrogen-bond acceptors (Lipinski definition) is 5. The zero-order valence-electron chi connectivity index (χ0n) is 20.2. The van der Waals surface area contributed by atoms with Gasteiger partial charge in [-0.2, -0.15) is 5.10 Å². The Bertz CT molecular complexity index is 1440. The second-order valence-electron chi connectivity index (χ2n) is 9.41. The minimum atomic E-state index is -1.49. The van der Waals surface area contributed by atoms with Gasteiger partial charge in [0.15, 0.2) is 5.82 Å². The van der Waals surface area contributed by atoms with Gasteiger partial charge in [-0.3, -0.25) is 19.1 Å². The molecule has 0 radical (unpaired) electrons. The van der Waals surface area contributed by atoms with Crippen molar-refractivity contribution in [2.75, 3.05) is 11.6 Å². The fraction of sp³-hybridized carbons (Fsp3) is 0.269. The van der Waals surface area contributed by atoms with E-state index in [1.807, 2.05) is 25.1 Å². The number of fused-ring (bicyclic) bond motifs is 1. The van der Waals surface area contributed by atoms with Crippen molar-refractivity contribution in [3.63, 3.8) is 0 Å². The molecular weight excluding hydrogens is 467 g/mol. The third-order valence-corrected chi connectivity index (χ3v) is 6.47. The van der Waals surface area contributed by atoms with Crippen LogP contribution >= 0.6 is 0 Å². The Hall–Kier alpha value is -3.59. The van der Waals surface area contributed by atoms with Gasteiger partial charge in [-0.15, -0.1) is 0 Å². The number of halogens is 1. The number of nitrogens with zero attached hydrogens (tertiary/aromatic N) is 2. The predicted octanol–water partition coefficient (Wildman–Crippen LogP) is 5.41. The number of hydrogen-bond donors (Lipinski definition) is 2. The van der Waals surface area contributed by atoms with E-state index in [2.05, 4.69) is 41.3 Å². The second-order valence-corrected chi connectivity index (χ2v) is 10.8. The Balaban J connectivity index is 1.50. The average Bonchev–Trinajstić information content (AvgIpc) is 3.24. The highest BCUT2D eigenvalue weighted by molar-refractivity contribution is 7.84. The van der Waals surface area contributed by atoms with Crippen molar-refractivity contribution in [3.8, 4) is 11.5 Å². The Morgan fingerprint density at radius 1 is 1.14 bits per heavy atom. The number of amides is 1. The molecule has 182 valence electrons. The molecule has 0 aliphatic carbocycles. The molecule has 2 N–H and O–H groups in total. The number of H-pyrrole nitrogens is 1. The quantitative estimate of drug-likeness (QED) is 0.373. The SMILES string of the molecule is Cc1cc(CC(=O)Nc2cc(C(C)(C)C)[nH]n2)ccc1Oc1ccnc2cc(F)c(S(C)=O)cc12. The second kappa shape index (κ2) is 9.58. The van der Waals surface area contributed by atoms with Crippen molar-refractivity contribution in [1.29, 1.82) is 0 Å². The Kier molecular flexibility index (Phi) is 6.71. The van der Waals surface area contributed by atoms with Crippen LogP contribution in [0, 0.1) is 12.7 Å². The Labute approximate surface area is 205 Å². The summed E-state index contributed by atoms with van der Waals surface area (Å²) in [7, 11) is -1.49. The summed E-state index contributed by atoms with van der Waals surface area (Å²) in [5.41, 5.74) is 2.91. The van der Waals surface area contributed by atoms with Crippen LogP contribution in [0.5, 0.6) is 11.5 Å². The van der Waals surface area contributed by atoms with Crippen LogP contribution in [0.2, 0.25) is 0 Å². The van der Waals surface area contributed by atoms with Gasteiger partial charge in [-0.05, 0) is 36.2 Å². The fourth-order valence-electron chi connectivity index (χ4n) is 3.63. The summed E-state index contributed by atoms with van der Waals surface area (Å²) in [5.74, 6) is 0.819. The minimum absolute atomic E-state index is 0.0909. The Morgan fingerprint density at radius 2 is 1.91 bits per heavy atom. The van der Waals surface area contributed by atoms with E-state index >= 15 is 0 Å². The lowest BCUT2D eigenvalue weighted by molar-refractivity contribution is -0.115. The Morgan fingerprint density at radius 3 is 2.57 bits per heavy atom. The van der Waals surface area contributed by atoms with E-state index in [0.717, 1.165) is 16.8 Å².